The number of nitrogens with one attached hydrogen (secondary N) is 2. The fourth-order valence-corrected chi connectivity index (χ4v) is 6.67. The molecular formula is C28H35F5N6O3. The number of hydrogen-bond donors (Lipinski definition) is 2. The summed E-state index contributed by atoms with van der Waals surface area (Å²) < 4.78 is 74.5. The van der Waals surface area contributed by atoms with Crippen molar-refractivity contribution in [3.8, 4) is 17.1 Å². The van der Waals surface area contributed by atoms with E-state index in [2.05, 4.69) is 20.5 Å². The number of nitrogens with zero attached hydrogens (tertiary/aromatic N) is 4. The van der Waals surface area contributed by atoms with Gasteiger partial charge in [-0.05, 0) is 58.4 Å². The summed E-state index contributed by atoms with van der Waals surface area (Å²) in [5.41, 5.74) is -1.27. The molecule has 0 radical (unpaired) electrons. The fraction of sp³-hybridized carbons (Fsp3) is 0.643. The molecule has 3 fully saturated rings. The van der Waals surface area contributed by atoms with Crippen LogP contribution in [0.2, 0.25) is 0 Å². The van der Waals surface area contributed by atoms with Crippen LogP contribution in [0.4, 0.5) is 22.0 Å². The lowest BCUT2D eigenvalue weighted by atomic mass is 9.88. The van der Waals surface area contributed by atoms with E-state index in [0.717, 1.165) is 11.1 Å². The first-order valence-electron chi connectivity index (χ1n) is 14.1. The van der Waals surface area contributed by atoms with E-state index in [1.807, 2.05) is 0 Å². The number of aromatic nitrogens is 3. The molecule has 0 saturated carbocycles. The normalized spacial score (nSPS) is 26.8. The van der Waals surface area contributed by atoms with Crippen molar-refractivity contribution in [3.05, 3.63) is 29.8 Å². The van der Waals surface area contributed by atoms with Crippen molar-refractivity contribution >= 4 is 11.8 Å². The quantitative estimate of drug-likeness (QED) is 0.462. The van der Waals surface area contributed by atoms with E-state index in [9.17, 15) is 31.5 Å². The zero-order chi connectivity index (χ0) is 30.4. The minimum atomic E-state index is -4.48. The van der Waals surface area contributed by atoms with Crippen molar-refractivity contribution in [1.29, 1.82) is 0 Å². The molecule has 14 heteroatoms. The van der Waals surface area contributed by atoms with Crippen molar-refractivity contribution in [1.82, 2.24) is 30.3 Å². The highest BCUT2D eigenvalue weighted by atomic mass is 19.4. The van der Waals surface area contributed by atoms with Gasteiger partial charge in [0, 0.05) is 48.8 Å². The molecule has 3 saturated heterocycles. The molecule has 2 bridgehead atoms. The molecule has 0 spiro atoms. The second kappa shape index (κ2) is 11.4. The number of fused-ring (bicyclic) bond motifs is 2. The molecule has 3 aliphatic rings. The Bertz CT molecular complexity index is 1300. The van der Waals surface area contributed by atoms with Gasteiger partial charge in [0.05, 0.1) is 19.0 Å². The van der Waals surface area contributed by atoms with Gasteiger partial charge in [-0.3, -0.25) is 19.6 Å². The number of piperidine rings is 2. The average molecular weight is 599 g/mol. The van der Waals surface area contributed by atoms with Crippen molar-refractivity contribution in [2.75, 3.05) is 20.2 Å². The molecular weight excluding hydrogens is 563 g/mol. The number of carbonyl (C=O) groups is 2. The van der Waals surface area contributed by atoms with E-state index in [1.165, 1.54) is 33.1 Å². The molecule has 9 nitrogen and oxygen atoms in total. The van der Waals surface area contributed by atoms with Crippen LogP contribution in [0.5, 0.6) is 5.88 Å². The summed E-state index contributed by atoms with van der Waals surface area (Å²) in [6, 6.07) is 0.209. The van der Waals surface area contributed by atoms with E-state index in [1.54, 1.807) is 4.90 Å². The van der Waals surface area contributed by atoms with Crippen LogP contribution in [0.15, 0.2) is 18.3 Å². The monoisotopic (exact) mass is 598 g/mol. The first-order chi connectivity index (χ1) is 19.7. The van der Waals surface area contributed by atoms with Crippen molar-refractivity contribution in [2.45, 2.75) is 88.4 Å². The highest BCUT2D eigenvalue weighted by molar-refractivity contribution is 5.94. The Balaban J connectivity index is 1.22. The highest BCUT2D eigenvalue weighted by Gasteiger charge is 2.49. The average Bonchev–Trinajstić information content (AvgIpc) is 3.49. The van der Waals surface area contributed by atoms with E-state index in [0.29, 0.717) is 25.7 Å². The third-order valence-electron chi connectivity index (χ3n) is 8.45. The van der Waals surface area contributed by atoms with E-state index in [-0.39, 0.29) is 72.7 Å². The van der Waals surface area contributed by atoms with Gasteiger partial charge in [-0.15, -0.1) is 0 Å². The van der Waals surface area contributed by atoms with Crippen LogP contribution in [0.1, 0.15) is 62.9 Å². The summed E-state index contributed by atoms with van der Waals surface area (Å²) >= 11 is 0. The molecule has 2 aromatic heterocycles. The Kier molecular flexibility index (Phi) is 8.20. The summed E-state index contributed by atoms with van der Waals surface area (Å²) in [6.07, 6.45) is -1.26. The molecule has 2 N–H and O–H groups in total. The Morgan fingerprint density at radius 3 is 2.40 bits per heavy atom. The highest BCUT2D eigenvalue weighted by Crippen LogP contribution is 2.40. The Morgan fingerprint density at radius 1 is 1.10 bits per heavy atom. The lowest BCUT2D eigenvalue weighted by Crippen LogP contribution is -2.59. The molecule has 2 amide bonds. The molecule has 42 heavy (non-hydrogen) atoms. The first-order valence-corrected chi connectivity index (χ1v) is 14.1. The molecule has 5 heterocycles. The Hall–Kier alpha value is -3.29. The third-order valence-corrected chi connectivity index (χ3v) is 8.45. The SMILES string of the molecule is COc1cc(-c2cc(C(=O)N3C4CCC3CC(C(=O)N[C@H]3CC[C@@H](C(F)(F)F)N(CC(C)(C)F)C3)C4)[nH]n2)c(F)cn1. The van der Waals surface area contributed by atoms with Gasteiger partial charge in [-0.1, -0.05) is 0 Å². The Morgan fingerprint density at radius 2 is 1.79 bits per heavy atom. The Labute approximate surface area is 240 Å². The number of amides is 2. The standard InChI is InChI=1S/C28H35F5N6O3/c1-27(2,30)14-38-13-16(4-7-23(38)28(31,32)33)35-25(40)15-8-17-5-6-18(9-15)39(17)26(41)22-11-21(36-37-22)19-10-24(42-3)34-12-20(19)29/h10-12,15-18,23H,4-9,13-14H2,1-3H3,(H,35,40)(H,36,37)/t15?,16-,17?,18?,23-/m0/s1. The maximum Gasteiger partial charge on any atom is 0.404 e. The predicted molar refractivity (Wildman–Crippen MR) is 142 cm³/mol. The van der Waals surface area contributed by atoms with Crippen LogP contribution in [-0.2, 0) is 4.79 Å². The topological polar surface area (TPSA) is 103 Å². The number of halogens is 5. The van der Waals surface area contributed by atoms with Crippen LogP contribution in [0, 0.1) is 11.7 Å². The first kappa shape index (κ1) is 30.2. The number of rotatable bonds is 7. The van der Waals surface area contributed by atoms with Gasteiger partial charge < -0.3 is 15.0 Å². The van der Waals surface area contributed by atoms with E-state index >= 15 is 0 Å². The summed E-state index contributed by atoms with van der Waals surface area (Å²) in [4.78, 5) is 33.4. The minimum Gasteiger partial charge on any atom is -0.481 e. The number of likely N-dealkylation sites (tertiary alicyclic amines) is 1. The summed E-state index contributed by atoms with van der Waals surface area (Å²) in [5, 5.41) is 9.72. The van der Waals surface area contributed by atoms with E-state index < -0.39 is 35.7 Å². The molecule has 0 aliphatic carbocycles. The van der Waals surface area contributed by atoms with E-state index in [4.69, 9.17) is 4.74 Å². The number of carbonyl (C=O) groups excluding carboxylic acids is 2. The molecule has 230 valence electrons. The van der Waals surface area contributed by atoms with Crippen molar-refractivity contribution in [2.24, 2.45) is 5.92 Å². The van der Waals surface area contributed by atoms with Crippen molar-refractivity contribution in [3.63, 3.8) is 0 Å². The number of alkyl halides is 4. The van der Waals surface area contributed by atoms with Gasteiger partial charge in [-0.2, -0.15) is 18.3 Å². The van der Waals surface area contributed by atoms with Gasteiger partial charge in [0.25, 0.3) is 5.91 Å². The molecule has 2 aromatic rings. The van der Waals surface area contributed by atoms with Crippen LogP contribution in [0.25, 0.3) is 11.3 Å². The fourth-order valence-electron chi connectivity index (χ4n) is 6.67. The zero-order valence-electron chi connectivity index (χ0n) is 23.7. The molecule has 5 rings (SSSR count). The maximum atomic E-state index is 14.4. The number of hydrogen-bond acceptors (Lipinski definition) is 6. The van der Waals surface area contributed by atoms with Crippen LogP contribution < -0.4 is 10.1 Å². The lowest BCUT2D eigenvalue weighted by Gasteiger charge is -2.43. The number of ether oxygens (including phenoxy) is 1. The summed E-state index contributed by atoms with van der Waals surface area (Å²) in [7, 11) is 1.41. The lowest BCUT2D eigenvalue weighted by molar-refractivity contribution is -0.196. The molecule has 2 unspecified atom stereocenters. The second-order valence-corrected chi connectivity index (χ2v) is 12.1. The van der Waals surface area contributed by atoms with Gasteiger partial charge in [-0.25, -0.2) is 13.8 Å². The maximum absolute atomic E-state index is 14.4. The number of aromatic amines is 1. The number of pyridine rings is 1. The smallest absolute Gasteiger partial charge is 0.404 e. The van der Waals surface area contributed by atoms with Gasteiger partial charge in [0.2, 0.25) is 11.8 Å². The summed E-state index contributed by atoms with van der Waals surface area (Å²) in [5.74, 6) is -1.35. The van der Waals surface area contributed by atoms with Crippen molar-refractivity contribution < 1.29 is 36.3 Å². The predicted octanol–water partition coefficient (Wildman–Crippen LogP) is 4.26. The van der Waals surface area contributed by atoms with Crippen LogP contribution >= 0.6 is 0 Å². The molecule has 0 aromatic carbocycles. The second-order valence-electron chi connectivity index (χ2n) is 12.1. The van der Waals surface area contributed by atoms with Crippen LogP contribution in [0.3, 0.4) is 0 Å². The minimum absolute atomic E-state index is 0.0838. The largest absolute Gasteiger partial charge is 0.481 e. The molecule has 4 atom stereocenters. The van der Waals surface area contributed by atoms with Gasteiger partial charge in [0.15, 0.2) is 5.82 Å². The zero-order valence-corrected chi connectivity index (χ0v) is 23.7. The van der Waals surface area contributed by atoms with Gasteiger partial charge in [0.1, 0.15) is 17.4 Å². The summed E-state index contributed by atoms with van der Waals surface area (Å²) in [6.45, 7) is 2.02. The number of H-pyrrole nitrogens is 1. The third kappa shape index (κ3) is 6.37. The molecule has 3 aliphatic heterocycles. The van der Waals surface area contributed by atoms with Crippen LogP contribution in [-0.4, -0.2) is 93.0 Å². The van der Waals surface area contributed by atoms with Gasteiger partial charge >= 0.3 is 6.18 Å². The number of methoxy groups -OCH3 is 1.